The molecule has 5 heteroatoms. The molecule has 2 aromatic rings. The maximum atomic E-state index is 13.3. The summed E-state index contributed by atoms with van der Waals surface area (Å²) in [5.41, 5.74) is 6.47. The summed E-state index contributed by atoms with van der Waals surface area (Å²) < 4.78 is 18.4. The van der Waals surface area contributed by atoms with Gasteiger partial charge in [-0.15, -0.1) is 0 Å². The summed E-state index contributed by atoms with van der Waals surface area (Å²) in [6, 6.07) is 6.60. The minimum atomic E-state index is -0.346. The predicted molar refractivity (Wildman–Crippen MR) is 58.9 cm³/mol. The lowest BCUT2D eigenvalue weighted by Gasteiger charge is -2.01. The van der Waals surface area contributed by atoms with Crippen LogP contribution in [0, 0.1) is 5.82 Å². The van der Waals surface area contributed by atoms with E-state index in [4.69, 9.17) is 10.2 Å². The number of benzene rings is 1. The molecule has 4 nitrogen and oxygen atoms in total. The summed E-state index contributed by atoms with van der Waals surface area (Å²) in [4.78, 5) is 4.11. The van der Waals surface area contributed by atoms with Gasteiger partial charge in [-0.2, -0.15) is 4.98 Å². The molecular formula is C11H12FN3O. The second kappa shape index (κ2) is 4.76. The average molecular weight is 221 g/mol. The van der Waals surface area contributed by atoms with Gasteiger partial charge in [0.25, 0.3) is 6.01 Å². The number of nitrogens with two attached hydrogens (primary N) is 1. The zero-order valence-electron chi connectivity index (χ0n) is 8.61. The van der Waals surface area contributed by atoms with E-state index >= 15 is 0 Å². The number of oxazole rings is 1. The zero-order chi connectivity index (χ0) is 11.4. The Labute approximate surface area is 92.3 Å². The van der Waals surface area contributed by atoms with Crippen LogP contribution in [0.15, 0.2) is 34.9 Å². The Morgan fingerprint density at radius 3 is 2.94 bits per heavy atom. The molecule has 1 heterocycles. The van der Waals surface area contributed by atoms with E-state index in [9.17, 15) is 4.39 Å². The first kappa shape index (κ1) is 10.6. The second-order valence-electron chi connectivity index (χ2n) is 3.29. The first-order chi connectivity index (χ1) is 7.79. The van der Waals surface area contributed by atoms with E-state index in [2.05, 4.69) is 10.3 Å². The van der Waals surface area contributed by atoms with Crippen LogP contribution in [0.1, 0.15) is 5.69 Å². The van der Waals surface area contributed by atoms with Crippen molar-refractivity contribution in [2.75, 3.05) is 11.9 Å². The van der Waals surface area contributed by atoms with Crippen LogP contribution >= 0.6 is 0 Å². The summed E-state index contributed by atoms with van der Waals surface area (Å²) in [6.45, 7) is 0.506. The van der Waals surface area contributed by atoms with Gasteiger partial charge >= 0.3 is 0 Å². The highest BCUT2D eigenvalue weighted by atomic mass is 19.1. The normalized spacial score (nSPS) is 10.4. The Balaban J connectivity index is 2.11. The van der Waals surface area contributed by atoms with Crippen LogP contribution in [0.5, 0.6) is 0 Å². The van der Waals surface area contributed by atoms with E-state index in [1.165, 1.54) is 12.3 Å². The number of para-hydroxylation sites is 1. The van der Waals surface area contributed by atoms with Gasteiger partial charge in [0.15, 0.2) is 0 Å². The lowest BCUT2D eigenvalue weighted by atomic mass is 10.3. The summed E-state index contributed by atoms with van der Waals surface area (Å²) >= 11 is 0. The van der Waals surface area contributed by atoms with Gasteiger partial charge < -0.3 is 15.5 Å². The lowest BCUT2D eigenvalue weighted by molar-refractivity contribution is 0.572. The number of halogens is 1. The molecule has 0 bridgehead atoms. The Bertz CT molecular complexity index is 470. The molecule has 0 spiro atoms. The third kappa shape index (κ3) is 2.38. The van der Waals surface area contributed by atoms with Crippen LogP contribution in [-0.2, 0) is 6.42 Å². The van der Waals surface area contributed by atoms with Crippen molar-refractivity contribution in [3.8, 4) is 0 Å². The standard InChI is InChI=1S/C11H12FN3O/c12-9-3-1-2-4-10(9)15-11-14-8(5-6-13)7-16-11/h1-4,7H,5-6,13H2,(H,14,15). The number of nitrogens with zero attached hydrogens (tertiary/aromatic N) is 1. The largest absolute Gasteiger partial charge is 0.432 e. The van der Waals surface area contributed by atoms with Crippen molar-refractivity contribution in [3.63, 3.8) is 0 Å². The molecule has 84 valence electrons. The van der Waals surface area contributed by atoms with Crippen molar-refractivity contribution in [1.29, 1.82) is 0 Å². The molecule has 0 saturated carbocycles. The lowest BCUT2D eigenvalue weighted by Crippen LogP contribution is -2.03. The topological polar surface area (TPSA) is 64.1 Å². The van der Waals surface area contributed by atoms with Gasteiger partial charge in [-0.25, -0.2) is 4.39 Å². The highest BCUT2D eigenvalue weighted by molar-refractivity contribution is 5.52. The molecule has 2 rings (SSSR count). The monoisotopic (exact) mass is 221 g/mol. The van der Waals surface area contributed by atoms with Crippen LogP contribution in [-0.4, -0.2) is 11.5 Å². The van der Waals surface area contributed by atoms with Crippen LogP contribution in [0.25, 0.3) is 0 Å². The molecular weight excluding hydrogens is 209 g/mol. The quantitative estimate of drug-likeness (QED) is 0.829. The molecule has 0 amide bonds. The van der Waals surface area contributed by atoms with Gasteiger partial charge in [0.1, 0.15) is 12.1 Å². The molecule has 0 fully saturated rings. The maximum absolute atomic E-state index is 13.3. The molecule has 0 atom stereocenters. The van der Waals surface area contributed by atoms with E-state index in [-0.39, 0.29) is 11.8 Å². The Kier molecular flexibility index (Phi) is 3.16. The minimum Gasteiger partial charge on any atom is -0.432 e. The zero-order valence-corrected chi connectivity index (χ0v) is 8.61. The average Bonchev–Trinajstić information content (AvgIpc) is 2.70. The number of anilines is 2. The van der Waals surface area contributed by atoms with E-state index in [0.717, 1.165) is 5.69 Å². The van der Waals surface area contributed by atoms with Gasteiger partial charge in [0.2, 0.25) is 0 Å². The van der Waals surface area contributed by atoms with E-state index in [0.29, 0.717) is 18.7 Å². The molecule has 16 heavy (non-hydrogen) atoms. The molecule has 3 N–H and O–H groups in total. The summed E-state index contributed by atoms with van der Waals surface area (Å²) in [7, 11) is 0. The Hall–Kier alpha value is -1.88. The molecule has 0 aliphatic rings. The summed E-state index contributed by atoms with van der Waals surface area (Å²) in [5.74, 6) is -0.346. The van der Waals surface area contributed by atoms with Crippen LogP contribution in [0.2, 0.25) is 0 Å². The molecule has 1 aromatic heterocycles. The number of nitrogens with one attached hydrogen (secondary N) is 1. The van der Waals surface area contributed by atoms with Gasteiger partial charge in [-0.1, -0.05) is 12.1 Å². The first-order valence-corrected chi connectivity index (χ1v) is 4.95. The van der Waals surface area contributed by atoms with Crippen LogP contribution in [0.4, 0.5) is 16.1 Å². The molecule has 0 saturated heterocycles. The van der Waals surface area contributed by atoms with Gasteiger partial charge in [-0.05, 0) is 18.7 Å². The third-order valence-electron chi connectivity index (χ3n) is 2.07. The SMILES string of the molecule is NCCc1coc(Nc2ccccc2F)n1. The second-order valence-corrected chi connectivity index (χ2v) is 3.29. The minimum absolute atomic E-state index is 0.272. The van der Waals surface area contributed by atoms with Crippen molar-refractivity contribution < 1.29 is 8.81 Å². The van der Waals surface area contributed by atoms with Gasteiger partial charge in [0, 0.05) is 6.42 Å². The van der Waals surface area contributed by atoms with Crippen LogP contribution in [0.3, 0.4) is 0 Å². The number of aromatic nitrogens is 1. The molecule has 1 aromatic carbocycles. The first-order valence-electron chi connectivity index (χ1n) is 4.95. The fraction of sp³-hybridized carbons (Fsp3) is 0.182. The highest BCUT2D eigenvalue weighted by Gasteiger charge is 2.06. The number of hydrogen-bond donors (Lipinski definition) is 2. The summed E-state index contributed by atoms with van der Waals surface area (Å²) in [5, 5.41) is 2.76. The smallest absolute Gasteiger partial charge is 0.299 e. The molecule has 0 aliphatic carbocycles. The van der Waals surface area contributed by atoms with Crippen molar-refractivity contribution in [2.24, 2.45) is 5.73 Å². The highest BCUT2D eigenvalue weighted by Crippen LogP contribution is 2.18. The Morgan fingerprint density at radius 1 is 1.38 bits per heavy atom. The van der Waals surface area contributed by atoms with E-state index < -0.39 is 0 Å². The number of rotatable bonds is 4. The van der Waals surface area contributed by atoms with Crippen molar-refractivity contribution >= 4 is 11.7 Å². The van der Waals surface area contributed by atoms with Crippen LogP contribution < -0.4 is 11.1 Å². The van der Waals surface area contributed by atoms with E-state index in [1.807, 2.05) is 0 Å². The van der Waals surface area contributed by atoms with Crippen molar-refractivity contribution in [1.82, 2.24) is 4.98 Å². The van der Waals surface area contributed by atoms with Crippen molar-refractivity contribution in [2.45, 2.75) is 6.42 Å². The maximum Gasteiger partial charge on any atom is 0.299 e. The van der Waals surface area contributed by atoms with E-state index in [1.54, 1.807) is 18.2 Å². The number of hydrogen-bond acceptors (Lipinski definition) is 4. The predicted octanol–water partition coefficient (Wildman–Crippen LogP) is 2.06. The van der Waals surface area contributed by atoms with Gasteiger partial charge in [-0.3, -0.25) is 0 Å². The molecule has 0 unspecified atom stereocenters. The van der Waals surface area contributed by atoms with Crippen molar-refractivity contribution in [3.05, 3.63) is 42.0 Å². The fourth-order valence-corrected chi connectivity index (χ4v) is 1.30. The van der Waals surface area contributed by atoms with Gasteiger partial charge in [0.05, 0.1) is 11.4 Å². The third-order valence-corrected chi connectivity index (χ3v) is 2.07. The Morgan fingerprint density at radius 2 is 2.19 bits per heavy atom. The molecule has 0 radical (unpaired) electrons. The fourth-order valence-electron chi connectivity index (χ4n) is 1.30. The molecule has 0 aliphatic heterocycles. The summed E-state index contributed by atoms with van der Waals surface area (Å²) in [6.07, 6.45) is 2.15.